The van der Waals surface area contributed by atoms with Gasteiger partial charge >= 0.3 is 0 Å². The average molecular weight is 239 g/mol. The quantitative estimate of drug-likeness (QED) is 0.506. The van der Waals surface area contributed by atoms with Gasteiger partial charge in [0, 0.05) is 12.6 Å². The summed E-state index contributed by atoms with van der Waals surface area (Å²) in [6.45, 7) is 0. The van der Waals surface area contributed by atoms with E-state index < -0.39 is 0 Å². The number of aryl methyl sites for hydroxylation is 1. The molecule has 0 aliphatic heterocycles. The molecule has 4 heteroatoms. The van der Waals surface area contributed by atoms with Crippen LogP contribution in [-0.4, -0.2) is 14.7 Å². The summed E-state index contributed by atoms with van der Waals surface area (Å²) >= 11 is 0. The maximum Gasteiger partial charge on any atom is 0.140 e. The second-order valence-electron chi connectivity index (χ2n) is 4.26. The van der Waals surface area contributed by atoms with E-state index in [1.165, 1.54) is 0 Å². The smallest absolute Gasteiger partial charge is 0.140 e. The number of benzene rings is 2. The summed E-state index contributed by atoms with van der Waals surface area (Å²) in [5, 5.41) is 9.67. The van der Waals surface area contributed by atoms with Crippen LogP contribution in [0.25, 0.3) is 22.4 Å². The number of nitrogen functional groups attached to an aromatic ring is 1. The lowest BCUT2D eigenvalue weighted by atomic mass is 10.2. The minimum absolute atomic E-state index is 0.0829. The van der Waals surface area contributed by atoms with Crippen LogP contribution in [0.2, 0.25) is 0 Å². The summed E-state index contributed by atoms with van der Waals surface area (Å²) in [4.78, 5) is 4.56. The molecule has 1 heterocycles. The molecule has 0 spiro atoms. The Kier molecular flexibility index (Phi) is 2.23. The van der Waals surface area contributed by atoms with Crippen LogP contribution < -0.4 is 5.73 Å². The van der Waals surface area contributed by atoms with E-state index in [1.807, 2.05) is 41.9 Å². The normalized spacial score (nSPS) is 10.9. The summed E-state index contributed by atoms with van der Waals surface area (Å²) in [6.07, 6.45) is 0. The molecule has 0 saturated heterocycles. The third kappa shape index (κ3) is 1.50. The molecule has 0 aliphatic carbocycles. The highest BCUT2D eigenvalue weighted by molar-refractivity contribution is 5.81. The molecular formula is C14H13N3O. The number of anilines is 1. The van der Waals surface area contributed by atoms with Crippen LogP contribution in [0.1, 0.15) is 0 Å². The molecule has 0 aliphatic rings. The Balaban J connectivity index is 2.25. The number of aromatic hydroxyl groups is 1. The van der Waals surface area contributed by atoms with Crippen molar-refractivity contribution in [2.75, 3.05) is 5.73 Å². The number of hydrogen-bond acceptors (Lipinski definition) is 3. The van der Waals surface area contributed by atoms with E-state index in [0.29, 0.717) is 5.69 Å². The minimum Gasteiger partial charge on any atom is -0.506 e. The molecule has 18 heavy (non-hydrogen) atoms. The van der Waals surface area contributed by atoms with Crippen molar-refractivity contribution in [2.45, 2.75) is 0 Å². The molecule has 3 rings (SSSR count). The van der Waals surface area contributed by atoms with Gasteiger partial charge < -0.3 is 15.4 Å². The largest absolute Gasteiger partial charge is 0.506 e. The third-order valence-electron chi connectivity index (χ3n) is 3.08. The summed E-state index contributed by atoms with van der Waals surface area (Å²) in [5.41, 5.74) is 8.82. The van der Waals surface area contributed by atoms with E-state index in [2.05, 4.69) is 4.98 Å². The molecule has 3 aromatic rings. The number of fused-ring (bicyclic) bond motifs is 1. The second-order valence-corrected chi connectivity index (χ2v) is 4.26. The van der Waals surface area contributed by atoms with Crippen molar-refractivity contribution >= 4 is 16.7 Å². The Labute approximate surface area is 104 Å². The van der Waals surface area contributed by atoms with Gasteiger partial charge in [0.2, 0.25) is 0 Å². The number of aromatic nitrogens is 2. The Bertz CT molecular complexity index is 731. The fourth-order valence-corrected chi connectivity index (χ4v) is 2.09. The summed E-state index contributed by atoms with van der Waals surface area (Å²) < 4.78 is 2.00. The monoisotopic (exact) mass is 239 g/mol. The van der Waals surface area contributed by atoms with E-state index in [9.17, 15) is 5.11 Å². The standard InChI is InChI=1S/C14H13N3O/c1-17-12-5-3-2-4-11(12)16-14(17)9-6-7-10(15)13(18)8-9/h2-8,18H,15H2,1H3. The zero-order chi connectivity index (χ0) is 12.7. The first-order chi connectivity index (χ1) is 8.66. The predicted octanol–water partition coefficient (Wildman–Crippen LogP) is 2.53. The van der Waals surface area contributed by atoms with E-state index in [4.69, 9.17) is 5.73 Å². The minimum atomic E-state index is 0.0829. The van der Waals surface area contributed by atoms with Gasteiger partial charge in [-0.3, -0.25) is 0 Å². The van der Waals surface area contributed by atoms with Crippen molar-refractivity contribution in [1.29, 1.82) is 0 Å². The van der Waals surface area contributed by atoms with Gasteiger partial charge in [-0.1, -0.05) is 12.1 Å². The van der Waals surface area contributed by atoms with Crippen molar-refractivity contribution in [1.82, 2.24) is 9.55 Å². The number of phenolic OH excluding ortho intramolecular Hbond substituents is 1. The fourth-order valence-electron chi connectivity index (χ4n) is 2.09. The van der Waals surface area contributed by atoms with Crippen LogP contribution in [0.15, 0.2) is 42.5 Å². The highest BCUT2D eigenvalue weighted by Gasteiger charge is 2.10. The number of imidazole rings is 1. The van der Waals surface area contributed by atoms with Gasteiger partial charge in [-0.05, 0) is 30.3 Å². The first-order valence-electron chi connectivity index (χ1n) is 5.67. The Morgan fingerprint density at radius 2 is 1.94 bits per heavy atom. The average Bonchev–Trinajstić information content (AvgIpc) is 2.71. The number of phenols is 1. The Morgan fingerprint density at radius 3 is 2.67 bits per heavy atom. The molecular weight excluding hydrogens is 226 g/mol. The van der Waals surface area contributed by atoms with Crippen LogP contribution in [0.5, 0.6) is 5.75 Å². The molecule has 0 atom stereocenters. The number of hydrogen-bond donors (Lipinski definition) is 2. The second kappa shape index (κ2) is 3.77. The molecule has 90 valence electrons. The lowest BCUT2D eigenvalue weighted by Gasteiger charge is -2.04. The molecule has 0 fully saturated rings. The van der Waals surface area contributed by atoms with E-state index in [-0.39, 0.29) is 5.75 Å². The number of nitrogens with two attached hydrogens (primary N) is 1. The van der Waals surface area contributed by atoms with E-state index in [1.54, 1.807) is 12.1 Å². The Morgan fingerprint density at radius 1 is 1.17 bits per heavy atom. The molecule has 2 aromatic carbocycles. The zero-order valence-corrected chi connectivity index (χ0v) is 9.96. The molecule has 0 unspecified atom stereocenters. The number of rotatable bonds is 1. The zero-order valence-electron chi connectivity index (χ0n) is 9.96. The fraction of sp³-hybridized carbons (Fsp3) is 0.0714. The van der Waals surface area contributed by atoms with Crippen LogP contribution in [0.4, 0.5) is 5.69 Å². The van der Waals surface area contributed by atoms with Crippen LogP contribution in [0.3, 0.4) is 0 Å². The van der Waals surface area contributed by atoms with Gasteiger partial charge in [-0.2, -0.15) is 0 Å². The molecule has 0 bridgehead atoms. The summed E-state index contributed by atoms with van der Waals surface area (Å²) in [5.74, 6) is 0.894. The molecule has 1 aromatic heterocycles. The molecule has 0 saturated carbocycles. The summed E-state index contributed by atoms with van der Waals surface area (Å²) in [6, 6.07) is 13.1. The highest BCUT2D eigenvalue weighted by Crippen LogP contribution is 2.29. The van der Waals surface area contributed by atoms with E-state index >= 15 is 0 Å². The van der Waals surface area contributed by atoms with Crippen molar-refractivity contribution in [2.24, 2.45) is 7.05 Å². The first kappa shape index (κ1) is 10.7. The van der Waals surface area contributed by atoms with Crippen molar-refractivity contribution in [3.05, 3.63) is 42.5 Å². The molecule has 3 N–H and O–H groups in total. The third-order valence-corrected chi connectivity index (χ3v) is 3.08. The van der Waals surface area contributed by atoms with Crippen molar-refractivity contribution < 1.29 is 5.11 Å². The molecule has 0 amide bonds. The van der Waals surface area contributed by atoms with Gasteiger partial charge in [0.1, 0.15) is 11.6 Å². The summed E-state index contributed by atoms with van der Waals surface area (Å²) in [7, 11) is 1.96. The topological polar surface area (TPSA) is 64.1 Å². The highest BCUT2D eigenvalue weighted by atomic mass is 16.3. The van der Waals surface area contributed by atoms with Gasteiger partial charge in [0.05, 0.1) is 16.7 Å². The van der Waals surface area contributed by atoms with E-state index in [0.717, 1.165) is 22.4 Å². The molecule has 0 radical (unpaired) electrons. The van der Waals surface area contributed by atoms with Crippen LogP contribution in [-0.2, 0) is 7.05 Å². The van der Waals surface area contributed by atoms with Gasteiger partial charge in [0.15, 0.2) is 0 Å². The number of para-hydroxylation sites is 2. The maximum absolute atomic E-state index is 9.67. The van der Waals surface area contributed by atoms with Crippen LogP contribution in [0, 0.1) is 0 Å². The Hall–Kier alpha value is -2.49. The van der Waals surface area contributed by atoms with Gasteiger partial charge in [-0.15, -0.1) is 0 Å². The van der Waals surface area contributed by atoms with Crippen LogP contribution >= 0.6 is 0 Å². The first-order valence-corrected chi connectivity index (χ1v) is 5.67. The number of nitrogens with zero attached hydrogens (tertiary/aromatic N) is 2. The predicted molar refractivity (Wildman–Crippen MR) is 72.2 cm³/mol. The van der Waals surface area contributed by atoms with Gasteiger partial charge in [0.25, 0.3) is 0 Å². The lowest BCUT2D eigenvalue weighted by molar-refractivity contribution is 0.478. The van der Waals surface area contributed by atoms with Crippen molar-refractivity contribution in [3.63, 3.8) is 0 Å². The lowest BCUT2D eigenvalue weighted by Crippen LogP contribution is -1.93. The van der Waals surface area contributed by atoms with Gasteiger partial charge in [-0.25, -0.2) is 4.98 Å². The maximum atomic E-state index is 9.67. The van der Waals surface area contributed by atoms with Crippen molar-refractivity contribution in [3.8, 4) is 17.1 Å². The molecule has 4 nitrogen and oxygen atoms in total. The SMILES string of the molecule is Cn1c(-c2ccc(N)c(O)c2)nc2ccccc21.